The van der Waals surface area contributed by atoms with Gasteiger partial charge in [0.25, 0.3) is 5.91 Å². The zero-order valence-corrected chi connectivity index (χ0v) is 23.0. The van der Waals surface area contributed by atoms with Gasteiger partial charge in [-0.3, -0.25) is 9.59 Å². The first-order valence-electron chi connectivity index (χ1n) is 13.6. The van der Waals surface area contributed by atoms with Crippen LogP contribution in [0.2, 0.25) is 0 Å². The number of hydrogen-bond donors (Lipinski definition) is 0. The minimum atomic E-state index is -4.40. The SMILES string of the molecule is CCCCCN(Cc1cccn1Cc1cccc(C(F)(F)F)c1)C(=O)CN(CC)C(=O)c1ccc(CC)cc1. The molecule has 0 aliphatic rings. The molecular weight excluding hydrogens is 503 g/mol. The maximum absolute atomic E-state index is 13.5. The normalized spacial score (nSPS) is 11.4. The Morgan fingerprint density at radius 2 is 1.62 bits per heavy atom. The van der Waals surface area contributed by atoms with Crippen LogP contribution in [0.25, 0.3) is 0 Å². The van der Waals surface area contributed by atoms with Crippen LogP contribution < -0.4 is 0 Å². The second-order valence-electron chi connectivity index (χ2n) is 9.72. The van der Waals surface area contributed by atoms with Crippen LogP contribution in [0, 0.1) is 0 Å². The monoisotopic (exact) mass is 541 g/mol. The molecule has 2 aromatic carbocycles. The zero-order chi connectivity index (χ0) is 28.4. The maximum atomic E-state index is 13.5. The van der Waals surface area contributed by atoms with Crippen molar-refractivity contribution in [3.8, 4) is 0 Å². The van der Waals surface area contributed by atoms with E-state index in [4.69, 9.17) is 0 Å². The van der Waals surface area contributed by atoms with Crippen LogP contribution in [0.5, 0.6) is 0 Å². The molecule has 8 heteroatoms. The lowest BCUT2D eigenvalue weighted by Gasteiger charge is -2.28. The first kappa shape index (κ1) is 30.0. The van der Waals surface area contributed by atoms with E-state index >= 15 is 0 Å². The molecule has 39 heavy (non-hydrogen) atoms. The number of aryl methyl sites for hydroxylation is 1. The summed E-state index contributed by atoms with van der Waals surface area (Å²) < 4.78 is 41.4. The van der Waals surface area contributed by atoms with E-state index < -0.39 is 11.7 Å². The molecule has 5 nitrogen and oxygen atoms in total. The summed E-state index contributed by atoms with van der Waals surface area (Å²) in [5.74, 6) is -0.340. The number of rotatable bonds is 13. The summed E-state index contributed by atoms with van der Waals surface area (Å²) in [5, 5.41) is 0. The number of alkyl halides is 3. The highest BCUT2D eigenvalue weighted by molar-refractivity contribution is 5.96. The van der Waals surface area contributed by atoms with Crippen LogP contribution in [0.1, 0.15) is 72.8 Å². The van der Waals surface area contributed by atoms with E-state index in [1.54, 1.807) is 28.0 Å². The van der Waals surface area contributed by atoms with Crippen molar-refractivity contribution in [1.82, 2.24) is 14.4 Å². The van der Waals surface area contributed by atoms with Crippen molar-refractivity contribution < 1.29 is 22.8 Å². The number of carbonyl (C=O) groups excluding carboxylic acids is 2. The van der Waals surface area contributed by atoms with Gasteiger partial charge in [0.1, 0.15) is 6.54 Å². The highest BCUT2D eigenvalue weighted by Crippen LogP contribution is 2.29. The standard InChI is InChI=1S/C31H38F3N3O2/c1-4-7-8-18-37(29(38)23-35(6-3)30(39)26-16-14-24(5-2)15-17-26)22-28-13-10-19-36(28)21-25-11-9-12-27(20-25)31(32,33)34/h9-17,19-20H,4-8,18,21-23H2,1-3H3. The summed E-state index contributed by atoms with van der Waals surface area (Å²) in [5.41, 5.74) is 2.36. The van der Waals surface area contributed by atoms with Crippen LogP contribution in [-0.4, -0.2) is 45.8 Å². The van der Waals surface area contributed by atoms with Crippen LogP contribution in [0.3, 0.4) is 0 Å². The average Bonchev–Trinajstić information content (AvgIpc) is 3.36. The Labute approximate surface area is 229 Å². The third kappa shape index (κ3) is 8.47. The van der Waals surface area contributed by atoms with Crippen molar-refractivity contribution in [2.75, 3.05) is 19.6 Å². The fourth-order valence-electron chi connectivity index (χ4n) is 4.49. The molecule has 0 saturated heterocycles. The Kier molecular flexibility index (Phi) is 10.8. The third-order valence-corrected chi connectivity index (χ3v) is 6.87. The molecule has 0 saturated carbocycles. The maximum Gasteiger partial charge on any atom is 0.416 e. The van der Waals surface area contributed by atoms with E-state index in [9.17, 15) is 22.8 Å². The largest absolute Gasteiger partial charge is 0.416 e. The number of likely N-dealkylation sites (N-methyl/N-ethyl adjacent to an activating group) is 1. The lowest BCUT2D eigenvalue weighted by Crippen LogP contribution is -2.43. The minimum absolute atomic E-state index is 0.0364. The Morgan fingerprint density at radius 1 is 0.872 bits per heavy atom. The van der Waals surface area contributed by atoms with E-state index in [-0.39, 0.29) is 24.9 Å². The van der Waals surface area contributed by atoms with Crippen molar-refractivity contribution >= 4 is 11.8 Å². The van der Waals surface area contributed by atoms with Gasteiger partial charge in [0.2, 0.25) is 5.91 Å². The molecule has 0 aliphatic heterocycles. The van der Waals surface area contributed by atoms with Crippen molar-refractivity contribution in [1.29, 1.82) is 0 Å². The van der Waals surface area contributed by atoms with Gasteiger partial charge in [0.15, 0.2) is 0 Å². The smallest absolute Gasteiger partial charge is 0.345 e. The minimum Gasteiger partial charge on any atom is -0.345 e. The van der Waals surface area contributed by atoms with Gasteiger partial charge >= 0.3 is 6.18 Å². The summed E-state index contributed by atoms with van der Waals surface area (Å²) in [7, 11) is 0. The molecule has 0 bridgehead atoms. The van der Waals surface area contributed by atoms with E-state index in [1.807, 2.05) is 42.0 Å². The summed E-state index contributed by atoms with van der Waals surface area (Å²) >= 11 is 0. The molecule has 0 unspecified atom stereocenters. The van der Waals surface area contributed by atoms with Gasteiger partial charge < -0.3 is 14.4 Å². The Bertz CT molecular complexity index is 1220. The van der Waals surface area contributed by atoms with E-state index in [2.05, 4.69) is 13.8 Å². The zero-order valence-electron chi connectivity index (χ0n) is 23.0. The van der Waals surface area contributed by atoms with Crippen LogP contribution in [-0.2, 0) is 30.5 Å². The van der Waals surface area contributed by atoms with Gasteiger partial charge in [-0.15, -0.1) is 0 Å². The Hall–Kier alpha value is -3.55. The summed E-state index contributed by atoms with van der Waals surface area (Å²) in [4.78, 5) is 29.9. The van der Waals surface area contributed by atoms with Gasteiger partial charge in [0.05, 0.1) is 12.1 Å². The molecule has 210 valence electrons. The predicted octanol–water partition coefficient (Wildman–Crippen LogP) is 6.80. The first-order valence-corrected chi connectivity index (χ1v) is 13.6. The molecule has 0 fully saturated rings. The fourth-order valence-corrected chi connectivity index (χ4v) is 4.49. The molecule has 3 aromatic rings. The van der Waals surface area contributed by atoms with Gasteiger partial charge in [-0.1, -0.05) is 51.0 Å². The van der Waals surface area contributed by atoms with Crippen LogP contribution >= 0.6 is 0 Å². The molecule has 0 N–H and O–H groups in total. The number of benzene rings is 2. The number of carbonyl (C=O) groups is 2. The number of nitrogens with zero attached hydrogens (tertiary/aromatic N) is 3. The van der Waals surface area contributed by atoms with Gasteiger partial charge in [-0.25, -0.2) is 0 Å². The predicted molar refractivity (Wildman–Crippen MR) is 147 cm³/mol. The molecule has 0 aliphatic carbocycles. The lowest BCUT2D eigenvalue weighted by molar-refractivity contribution is -0.137. The fraction of sp³-hybridized carbons (Fsp3) is 0.419. The van der Waals surface area contributed by atoms with Gasteiger partial charge in [-0.2, -0.15) is 13.2 Å². The third-order valence-electron chi connectivity index (χ3n) is 6.87. The van der Waals surface area contributed by atoms with Crippen molar-refractivity contribution in [3.63, 3.8) is 0 Å². The second kappa shape index (κ2) is 14.0. The van der Waals surface area contributed by atoms with E-state index in [1.165, 1.54) is 6.07 Å². The topological polar surface area (TPSA) is 45.6 Å². The molecule has 0 atom stereocenters. The second-order valence-corrected chi connectivity index (χ2v) is 9.72. The highest BCUT2D eigenvalue weighted by Gasteiger charge is 2.30. The van der Waals surface area contributed by atoms with Gasteiger partial charge in [-0.05, 0) is 67.3 Å². The van der Waals surface area contributed by atoms with Crippen molar-refractivity contribution in [2.24, 2.45) is 0 Å². The summed E-state index contributed by atoms with van der Waals surface area (Å²) in [6, 6.07) is 16.5. The molecule has 1 aromatic heterocycles. The molecule has 2 amide bonds. The molecular formula is C31H38F3N3O2. The number of hydrogen-bond acceptors (Lipinski definition) is 2. The first-order chi connectivity index (χ1) is 18.7. The number of halogens is 3. The van der Waals surface area contributed by atoms with Crippen molar-refractivity contribution in [3.05, 3.63) is 94.8 Å². The molecule has 3 rings (SSSR count). The van der Waals surface area contributed by atoms with Gasteiger partial charge in [0, 0.05) is 37.1 Å². The molecule has 0 spiro atoms. The number of unbranched alkanes of at least 4 members (excludes halogenated alkanes) is 2. The van der Waals surface area contributed by atoms with E-state index in [0.717, 1.165) is 49.1 Å². The lowest BCUT2D eigenvalue weighted by atomic mass is 10.1. The highest BCUT2D eigenvalue weighted by atomic mass is 19.4. The van der Waals surface area contributed by atoms with Crippen LogP contribution in [0.15, 0.2) is 66.9 Å². The number of amides is 2. The summed E-state index contributed by atoms with van der Waals surface area (Å²) in [6.45, 7) is 7.47. The quantitative estimate of drug-likeness (QED) is 0.224. The summed E-state index contributed by atoms with van der Waals surface area (Å²) in [6.07, 6.45) is 1.09. The average molecular weight is 542 g/mol. The Morgan fingerprint density at radius 3 is 2.26 bits per heavy atom. The Balaban J connectivity index is 1.75. The molecule has 0 radical (unpaired) electrons. The molecule has 1 heterocycles. The van der Waals surface area contributed by atoms with Crippen LogP contribution in [0.4, 0.5) is 13.2 Å². The van der Waals surface area contributed by atoms with Crippen molar-refractivity contribution in [2.45, 2.75) is 65.7 Å². The number of aromatic nitrogens is 1. The van der Waals surface area contributed by atoms with E-state index in [0.29, 0.717) is 30.8 Å².